The molecule has 3 rings (SSSR count). The van der Waals surface area contributed by atoms with Crippen LogP contribution in [0.4, 0.5) is 0 Å². The van der Waals surface area contributed by atoms with E-state index in [0.717, 1.165) is 11.3 Å². The fourth-order valence-corrected chi connectivity index (χ4v) is 4.88. The summed E-state index contributed by atoms with van der Waals surface area (Å²) in [4.78, 5) is 41.0. The van der Waals surface area contributed by atoms with E-state index >= 15 is 0 Å². The Kier molecular flexibility index (Phi) is 6.90. The van der Waals surface area contributed by atoms with Crippen LogP contribution in [0.3, 0.4) is 0 Å². The van der Waals surface area contributed by atoms with Gasteiger partial charge in [0.25, 0.3) is 5.91 Å². The predicted octanol–water partition coefficient (Wildman–Crippen LogP) is 2.20. The number of esters is 2. The van der Waals surface area contributed by atoms with E-state index in [1.807, 2.05) is 0 Å². The summed E-state index contributed by atoms with van der Waals surface area (Å²) in [6.07, 6.45) is 0. The van der Waals surface area contributed by atoms with Crippen LogP contribution in [0.1, 0.15) is 27.6 Å². The van der Waals surface area contributed by atoms with E-state index in [1.54, 1.807) is 18.2 Å². The molecule has 3 aromatic rings. The minimum absolute atomic E-state index is 0.0301. The SMILES string of the molecule is CCS(=O)(=O)c1cccc(C(=O)N=c2sc3cc(C(=O)OC)ccc3n2CC(=O)OC)c1. The maximum atomic E-state index is 12.8. The van der Waals surface area contributed by atoms with Gasteiger partial charge in [0, 0.05) is 5.56 Å². The van der Waals surface area contributed by atoms with Crippen molar-refractivity contribution in [2.24, 2.45) is 4.99 Å². The van der Waals surface area contributed by atoms with E-state index in [4.69, 9.17) is 9.47 Å². The van der Waals surface area contributed by atoms with Gasteiger partial charge in [-0.15, -0.1) is 0 Å². The number of benzene rings is 2. The lowest BCUT2D eigenvalue weighted by atomic mass is 10.2. The second-order valence-electron chi connectivity index (χ2n) is 6.57. The molecule has 0 saturated carbocycles. The number of hydrogen-bond acceptors (Lipinski definition) is 8. The summed E-state index contributed by atoms with van der Waals surface area (Å²) in [7, 11) is -0.979. The van der Waals surface area contributed by atoms with Gasteiger partial charge in [-0.2, -0.15) is 4.99 Å². The fourth-order valence-electron chi connectivity index (χ4n) is 2.89. The van der Waals surface area contributed by atoms with E-state index in [-0.39, 0.29) is 27.6 Å². The number of hydrogen-bond donors (Lipinski definition) is 0. The second-order valence-corrected chi connectivity index (χ2v) is 9.86. The third-order valence-corrected chi connectivity index (χ3v) is 7.41. The Labute approximate surface area is 187 Å². The first-order valence-electron chi connectivity index (χ1n) is 9.40. The zero-order valence-corrected chi connectivity index (χ0v) is 19.2. The molecule has 0 atom stereocenters. The van der Waals surface area contributed by atoms with Gasteiger partial charge >= 0.3 is 11.9 Å². The zero-order chi connectivity index (χ0) is 23.5. The van der Waals surface area contributed by atoms with Crippen molar-refractivity contribution in [3.63, 3.8) is 0 Å². The van der Waals surface area contributed by atoms with E-state index in [2.05, 4.69) is 4.99 Å². The Morgan fingerprint density at radius 2 is 1.78 bits per heavy atom. The smallest absolute Gasteiger partial charge is 0.337 e. The molecule has 0 spiro atoms. The van der Waals surface area contributed by atoms with Crippen LogP contribution >= 0.6 is 11.3 Å². The van der Waals surface area contributed by atoms with Gasteiger partial charge in [0.1, 0.15) is 6.54 Å². The van der Waals surface area contributed by atoms with E-state index < -0.39 is 27.7 Å². The van der Waals surface area contributed by atoms with Crippen molar-refractivity contribution in [2.75, 3.05) is 20.0 Å². The van der Waals surface area contributed by atoms with E-state index in [0.29, 0.717) is 15.8 Å². The third kappa shape index (κ3) is 4.78. The summed E-state index contributed by atoms with van der Waals surface area (Å²) < 4.78 is 35.8. The third-order valence-electron chi connectivity index (χ3n) is 4.64. The number of sulfone groups is 1. The number of nitrogens with zero attached hydrogens (tertiary/aromatic N) is 2. The Hall–Kier alpha value is -3.31. The maximum absolute atomic E-state index is 12.8. The molecule has 0 saturated heterocycles. The highest BCUT2D eigenvalue weighted by molar-refractivity contribution is 7.91. The standard InChI is InChI=1S/C21H20N2O7S2/c1-4-32(27,28)15-7-5-6-13(10-15)19(25)22-21-23(12-18(24)29-2)16-9-8-14(20(26)30-3)11-17(16)31-21/h5-11H,4,12H2,1-3H3. The molecule has 2 aromatic carbocycles. The summed E-state index contributed by atoms with van der Waals surface area (Å²) in [6.45, 7) is 1.31. The topological polar surface area (TPSA) is 121 Å². The highest BCUT2D eigenvalue weighted by Crippen LogP contribution is 2.20. The summed E-state index contributed by atoms with van der Waals surface area (Å²) in [5, 5.41) is 0. The van der Waals surface area contributed by atoms with Crippen LogP contribution in [-0.2, 0) is 30.7 Å². The maximum Gasteiger partial charge on any atom is 0.337 e. The van der Waals surface area contributed by atoms with E-state index in [9.17, 15) is 22.8 Å². The number of thiazole rings is 1. The molecule has 0 radical (unpaired) electrons. The predicted molar refractivity (Wildman–Crippen MR) is 117 cm³/mol. The number of carbonyl (C=O) groups excluding carboxylic acids is 3. The van der Waals surface area contributed by atoms with Gasteiger partial charge in [-0.05, 0) is 36.4 Å². The number of methoxy groups -OCH3 is 2. The molecule has 9 nitrogen and oxygen atoms in total. The van der Waals surface area contributed by atoms with Gasteiger partial charge in [0.2, 0.25) is 0 Å². The van der Waals surface area contributed by atoms with Crippen molar-refractivity contribution >= 4 is 49.2 Å². The molecule has 0 aliphatic rings. The highest BCUT2D eigenvalue weighted by Gasteiger charge is 2.17. The molecule has 168 valence electrons. The number of rotatable bonds is 6. The average molecular weight is 477 g/mol. The molecule has 1 amide bonds. The van der Waals surface area contributed by atoms with Gasteiger partial charge in [-0.1, -0.05) is 24.3 Å². The molecular weight excluding hydrogens is 456 g/mol. The van der Waals surface area contributed by atoms with Crippen LogP contribution in [0.15, 0.2) is 52.4 Å². The molecule has 32 heavy (non-hydrogen) atoms. The van der Waals surface area contributed by atoms with Crippen LogP contribution in [0.25, 0.3) is 10.2 Å². The normalized spacial score (nSPS) is 12.0. The molecule has 0 fully saturated rings. The van der Waals surface area contributed by atoms with Crippen LogP contribution < -0.4 is 4.80 Å². The Balaban J connectivity index is 2.14. The first kappa shape index (κ1) is 23.4. The Bertz CT molecular complexity index is 1380. The molecule has 0 aliphatic carbocycles. The van der Waals surface area contributed by atoms with Crippen molar-refractivity contribution in [3.05, 3.63) is 58.4 Å². The first-order chi connectivity index (χ1) is 15.2. The minimum Gasteiger partial charge on any atom is -0.468 e. The van der Waals surface area contributed by atoms with Gasteiger partial charge < -0.3 is 14.0 Å². The zero-order valence-electron chi connectivity index (χ0n) is 17.5. The molecular formula is C21H20N2O7S2. The number of amides is 1. The molecule has 0 unspecified atom stereocenters. The Morgan fingerprint density at radius 3 is 2.44 bits per heavy atom. The molecule has 0 bridgehead atoms. The Morgan fingerprint density at radius 1 is 1.03 bits per heavy atom. The van der Waals surface area contributed by atoms with Crippen molar-refractivity contribution < 1.29 is 32.3 Å². The van der Waals surface area contributed by atoms with Crippen LogP contribution in [-0.4, -0.2) is 50.8 Å². The van der Waals surface area contributed by atoms with Gasteiger partial charge in [0.05, 0.1) is 40.6 Å². The summed E-state index contributed by atoms with van der Waals surface area (Å²) in [5.74, 6) is -1.84. The molecule has 1 aromatic heterocycles. The second kappa shape index (κ2) is 9.45. The van der Waals surface area contributed by atoms with Gasteiger partial charge in [-0.25, -0.2) is 13.2 Å². The molecule has 0 N–H and O–H groups in total. The van der Waals surface area contributed by atoms with Crippen LogP contribution in [0.2, 0.25) is 0 Å². The van der Waals surface area contributed by atoms with Crippen molar-refractivity contribution in [3.8, 4) is 0 Å². The summed E-state index contributed by atoms with van der Waals surface area (Å²) in [6, 6.07) is 10.4. The van der Waals surface area contributed by atoms with Crippen LogP contribution in [0, 0.1) is 0 Å². The van der Waals surface area contributed by atoms with Crippen LogP contribution in [0.5, 0.6) is 0 Å². The monoisotopic (exact) mass is 476 g/mol. The number of carbonyl (C=O) groups is 3. The highest BCUT2D eigenvalue weighted by atomic mass is 32.2. The van der Waals surface area contributed by atoms with Crippen molar-refractivity contribution in [2.45, 2.75) is 18.4 Å². The summed E-state index contributed by atoms with van der Waals surface area (Å²) >= 11 is 1.10. The van der Waals surface area contributed by atoms with Crippen molar-refractivity contribution in [1.82, 2.24) is 4.57 Å². The minimum atomic E-state index is -3.49. The quantitative estimate of drug-likeness (QED) is 0.500. The van der Waals surface area contributed by atoms with Gasteiger partial charge in [0.15, 0.2) is 14.6 Å². The molecule has 1 heterocycles. The van der Waals surface area contributed by atoms with Gasteiger partial charge in [-0.3, -0.25) is 9.59 Å². The lowest BCUT2D eigenvalue weighted by Crippen LogP contribution is -2.22. The molecule has 0 aliphatic heterocycles. The average Bonchev–Trinajstić information content (AvgIpc) is 3.14. The largest absolute Gasteiger partial charge is 0.468 e. The first-order valence-corrected chi connectivity index (χ1v) is 11.9. The lowest BCUT2D eigenvalue weighted by Gasteiger charge is -2.05. The lowest BCUT2D eigenvalue weighted by molar-refractivity contribution is -0.141. The number of ether oxygens (including phenoxy) is 2. The summed E-state index contributed by atoms with van der Waals surface area (Å²) in [5.41, 5.74) is 0.973. The number of fused-ring (bicyclic) bond motifs is 1. The fraction of sp³-hybridized carbons (Fsp3) is 0.238. The number of aromatic nitrogens is 1. The van der Waals surface area contributed by atoms with Crippen molar-refractivity contribution in [1.29, 1.82) is 0 Å². The van der Waals surface area contributed by atoms with E-state index in [1.165, 1.54) is 50.0 Å². The molecule has 11 heteroatoms.